The molecule has 3 aromatic rings. The highest BCUT2D eigenvalue weighted by Crippen LogP contribution is 2.33. The van der Waals surface area contributed by atoms with Gasteiger partial charge in [0, 0.05) is 24.2 Å². The van der Waals surface area contributed by atoms with E-state index in [4.69, 9.17) is 13.9 Å². The first kappa shape index (κ1) is 21.9. The topological polar surface area (TPSA) is 112 Å². The molecule has 0 aliphatic carbocycles. The Morgan fingerprint density at radius 2 is 1.82 bits per heavy atom. The van der Waals surface area contributed by atoms with Crippen LogP contribution >= 0.6 is 11.8 Å². The van der Waals surface area contributed by atoms with Gasteiger partial charge in [0.1, 0.15) is 0 Å². The van der Waals surface area contributed by atoms with Gasteiger partial charge in [-0.1, -0.05) is 24.2 Å². The smallest absolute Gasteiger partial charge is 0.277 e. The number of ketones is 1. The number of ether oxygens (including phenoxy) is 2. The van der Waals surface area contributed by atoms with Gasteiger partial charge < -0.3 is 13.9 Å². The molecular formula is C22H21N3O6S2. The first-order chi connectivity index (χ1) is 16.0. The molecule has 172 valence electrons. The maximum absolute atomic E-state index is 13.0. The van der Waals surface area contributed by atoms with Gasteiger partial charge in [0.05, 0.1) is 10.6 Å². The lowest BCUT2D eigenvalue weighted by atomic mass is 10.1. The van der Waals surface area contributed by atoms with E-state index in [1.165, 1.54) is 4.31 Å². The Bertz CT molecular complexity index is 1280. The number of hydrogen-bond donors (Lipinski definition) is 0. The second-order valence-electron chi connectivity index (χ2n) is 7.65. The molecule has 0 spiro atoms. The number of aromatic nitrogens is 2. The quantitative estimate of drug-likeness (QED) is 0.364. The summed E-state index contributed by atoms with van der Waals surface area (Å²) >= 11 is 1.12. The summed E-state index contributed by atoms with van der Waals surface area (Å²) in [6.07, 6.45) is 2.79. The SMILES string of the molecule is O=C(CSc1nnc(-c2cccc(S(=O)(=O)N3CCCCC3)c2)o1)c1ccc2c(c1)OCO2. The molecule has 1 aromatic heterocycles. The Morgan fingerprint density at radius 1 is 1.00 bits per heavy atom. The van der Waals surface area contributed by atoms with E-state index in [0.717, 1.165) is 31.0 Å². The van der Waals surface area contributed by atoms with Crippen molar-refractivity contribution < 1.29 is 27.1 Å². The minimum atomic E-state index is -3.57. The number of carbonyl (C=O) groups excluding carboxylic acids is 1. The zero-order valence-corrected chi connectivity index (χ0v) is 19.2. The molecule has 33 heavy (non-hydrogen) atoms. The molecule has 0 saturated carbocycles. The summed E-state index contributed by atoms with van der Waals surface area (Å²) in [6.45, 7) is 1.21. The van der Waals surface area contributed by atoms with Crippen LogP contribution in [0.2, 0.25) is 0 Å². The Balaban J connectivity index is 1.27. The van der Waals surface area contributed by atoms with Crippen molar-refractivity contribution in [3.8, 4) is 23.0 Å². The Labute approximate surface area is 195 Å². The summed E-state index contributed by atoms with van der Waals surface area (Å²) < 4.78 is 43.7. The Kier molecular flexibility index (Phi) is 6.09. The highest BCUT2D eigenvalue weighted by molar-refractivity contribution is 7.99. The average molecular weight is 488 g/mol. The summed E-state index contributed by atoms with van der Waals surface area (Å²) in [7, 11) is -3.57. The van der Waals surface area contributed by atoms with Crippen molar-refractivity contribution in [2.45, 2.75) is 29.4 Å². The predicted octanol–water partition coefficient (Wildman–Crippen LogP) is 3.61. The van der Waals surface area contributed by atoms with Crippen LogP contribution in [0.15, 0.2) is 57.0 Å². The highest BCUT2D eigenvalue weighted by atomic mass is 32.2. The van der Waals surface area contributed by atoms with E-state index < -0.39 is 10.0 Å². The Morgan fingerprint density at radius 3 is 2.67 bits per heavy atom. The third-order valence-corrected chi connectivity index (χ3v) is 8.17. The van der Waals surface area contributed by atoms with E-state index in [2.05, 4.69) is 10.2 Å². The number of Topliss-reactive ketones (excluding diaryl/α,β-unsaturated/α-hetero) is 1. The summed E-state index contributed by atoms with van der Waals surface area (Å²) in [5.74, 6) is 1.34. The van der Waals surface area contributed by atoms with Crippen LogP contribution < -0.4 is 9.47 Å². The van der Waals surface area contributed by atoms with E-state index in [-0.39, 0.29) is 34.3 Å². The minimum Gasteiger partial charge on any atom is -0.454 e. The molecule has 2 aliphatic rings. The largest absolute Gasteiger partial charge is 0.454 e. The summed E-state index contributed by atoms with van der Waals surface area (Å²) in [5, 5.41) is 8.24. The van der Waals surface area contributed by atoms with E-state index in [9.17, 15) is 13.2 Å². The van der Waals surface area contributed by atoms with Gasteiger partial charge in [-0.15, -0.1) is 10.2 Å². The number of piperidine rings is 1. The lowest BCUT2D eigenvalue weighted by Crippen LogP contribution is -2.35. The first-order valence-corrected chi connectivity index (χ1v) is 12.9. The Hall–Kier alpha value is -2.89. The molecule has 0 unspecified atom stereocenters. The molecule has 5 rings (SSSR count). The number of sulfonamides is 1. The van der Waals surface area contributed by atoms with Gasteiger partial charge in [-0.2, -0.15) is 4.31 Å². The fraction of sp³-hybridized carbons (Fsp3) is 0.318. The molecule has 2 aliphatic heterocycles. The van der Waals surface area contributed by atoms with Crippen LogP contribution in [0.5, 0.6) is 11.5 Å². The molecule has 1 fully saturated rings. The monoisotopic (exact) mass is 487 g/mol. The van der Waals surface area contributed by atoms with Crippen LogP contribution in [0.4, 0.5) is 0 Å². The number of carbonyl (C=O) groups is 1. The van der Waals surface area contributed by atoms with Crippen molar-refractivity contribution in [3.63, 3.8) is 0 Å². The van der Waals surface area contributed by atoms with Crippen LogP contribution in [0.1, 0.15) is 29.6 Å². The molecule has 0 bridgehead atoms. The number of benzene rings is 2. The molecular weight excluding hydrogens is 466 g/mol. The fourth-order valence-corrected chi connectivity index (χ4v) is 5.93. The average Bonchev–Trinajstić information content (AvgIpc) is 3.52. The molecule has 9 nitrogen and oxygen atoms in total. The van der Waals surface area contributed by atoms with Crippen molar-refractivity contribution in [1.29, 1.82) is 0 Å². The summed E-state index contributed by atoms with van der Waals surface area (Å²) in [5.41, 5.74) is 1.01. The van der Waals surface area contributed by atoms with Crippen molar-refractivity contribution in [3.05, 3.63) is 48.0 Å². The van der Waals surface area contributed by atoms with Crippen LogP contribution in [-0.4, -0.2) is 54.3 Å². The van der Waals surface area contributed by atoms with Gasteiger partial charge >= 0.3 is 0 Å². The maximum atomic E-state index is 13.0. The molecule has 0 amide bonds. The third-order valence-electron chi connectivity index (χ3n) is 5.46. The van der Waals surface area contributed by atoms with E-state index in [0.29, 0.717) is 35.7 Å². The molecule has 11 heteroatoms. The molecule has 0 N–H and O–H groups in total. The van der Waals surface area contributed by atoms with Crippen molar-refractivity contribution >= 4 is 27.6 Å². The van der Waals surface area contributed by atoms with Crippen LogP contribution in [0, 0.1) is 0 Å². The van der Waals surface area contributed by atoms with E-state index in [1.807, 2.05) is 0 Å². The number of nitrogens with zero attached hydrogens (tertiary/aromatic N) is 3. The van der Waals surface area contributed by atoms with Crippen molar-refractivity contribution in [2.24, 2.45) is 0 Å². The standard InChI is InChI=1S/C22H21N3O6S2/c26-18(15-7-8-19-20(12-15)30-14-29-19)13-32-22-24-23-21(31-22)16-5-4-6-17(11-16)33(27,28)25-9-2-1-3-10-25/h4-8,11-12H,1-3,9-10,13-14H2. The van der Waals surface area contributed by atoms with Gasteiger partial charge in [0.2, 0.25) is 22.7 Å². The van der Waals surface area contributed by atoms with Crippen LogP contribution in [-0.2, 0) is 10.0 Å². The second kappa shape index (κ2) is 9.16. The predicted molar refractivity (Wildman–Crippen MR) is 120 cm³/mol. The van der Waals surface area contributed by atoms with Gasteiger partial charge in [0.15, 0.2) is 17.3 Å². The minimum absolute atomic E-state index is 0.102. The molecule has 2 aromatic carbocycles. The third kappa shape index (κ3) is 4.61. The number of thioether (sulfide) groups is 1. The van der Waals surface area contributed by atoms with Gasteiger partial charge in [0.25, 0.3) is 5.22 Å². The lowest BCUT2D eigenvalue weighted by molar-refractivity contribution is 0.102. The fourth-order valence-electron chi connectivity index (χ4n) is 3.71. The first-order valence-electron chi connectivity index (χ1n) is 10.5. The molecule has 3 heterocycles. The van der Waals surface area contributed by atoms with Gasteiger partial charge in [-0.05, 0) is 49.2 Å². The van der Waals surface area contributed by atoms with Gasteiger partial charge in [-0.3, -0.25) is 4.79 Å². The summed E-state index contributed by atoms with van der Waals surface area (Å²) in [6, 6.07) is 11.5. The van der Waals surface area contributed by atoms with Crippen LogP contribution in [0.25, 0.3) is 11.5 Å². The molecule has 0 atom stereocenters. The van der Waals surface area contributed by atoms with E-state index >= 15 is 0 Å². The van der Waals surface area contributed by atoms with Crippen LogP contribution in [0.3, 0.4) is 0 Å². The second-order valence-corrected chi connectivity index (χ2v) is 10.5. The molecule has 1 saturated heterocycles. The number of rotatable bonds is 7. The molecule has 0 radical (unpaired) electrons. The maximum Gasteiger partial charge on any atom is 0.277 e. The van der Waals surface area contributed by atoms with Crippen molar-refractivity contribution in [2.75, 3.05) is 25.6 Å². The lowest BCUT2D eigenvalue weighted by Gasteiger charge is -2.25. The van der Waals surface area contributed by atoms with Crippen molar-refractivity contribution in [1.82, 2.24) is 14.5 Å². The zero-order chi connectivity index (χ0) is 22.8. The number of fused-ring (bicyclic) bond motifs is 1. The zero-order valence-electron chi connectivity index (χ0n) is 17.6. The van der Waals surface area contributed by atoms with Gasteiger partial charge in [-0.25, -0.2) is 8.42 Å². The summed E-state index contributed by atoms with van der Waals surface area (Å²) in [4.78, 5) is 12.7. The normalized spacial score (nSPS) is 16.1. The van der Waals surface area contributed by atoms with E-state index in [1.54, 1.807) is 42.5 Å². The number of hydrogen-bond acceptors (Lipinski definition) is 9. The highest BCUT2D eigenvalue weighted by Gasteiger charge is 2.26.